The molecule has 0 bridgehead atoms. The molecule has 266 valence electrons. The van der Waals surface area contributed by atoms with Crippen LogP contribution in [0.25, 0.3) is 0 Å². The molecule has 0 aromatic heterocycles. The normalized spacial score (nSPS) is 17.6. The SMILES string of the molecule is C=CCC(Cc1ccc(CC(CC=C)(C(=O)c2ccc(N3CCOCC3)cc2)N(C)C)cc1)(C(=O)c1ccc(N2CCOCC2)cc1)N(C)C. The van der Waals surface area contributed by atoms with Gasteiger partial charge in [-0.3, -0.25) is 19.4 Å². The molecule has 0 aliphatic carbocycles. The number of nitrogens with zero attached hydrogens (tertiary/aromatic N) is 4. The first kappa shape index (κ1) is 37.2. The molecule has 8 heteroatoms. The monoisotopic (exact) mass is 678 g/mol. The number of ether oxygens (including phenoxy) is 2. The molecule has 50 heavy (non-hydrogen) atoms. The van der Waals surface area contributed by atoms with E-state index < -0.39 is 11.1 Å². The molecule has 5 rings (SSSR count). The van der Waals surface area contributed by atoms with Crippen LogP contribution in [0.2, 0.25) is 0 Å². The number of morpholine rings is 2. The number of Topliss-reactive ketones (excluding diaryl/α,β-unsaturated/α-hetero) is 2. The van der Waals surface area contributed by atoms with Crippen LogP contribution in [-0.2, 0) is 22.3 Å². The van der Waals surface area contributed by atoms with Crippen LogP contribution in [0, 0.1) is 0 Å². The molecule has 0 amide bonds. The molecular formula is C42H54N4O4. The van der Waals surface area contributed by atoms with Gasteiger partial charge in [0.15, 0.2) is 11.6 Å². The fraction of sp³-hybridized carbons (Fsp3) is 0.429. The van der Waals surface area contributed by atoms with Crippen LogP contribution in [-0.4, -0.2) is 113 Å². The third kappa shape index (κ3) is 8.10. The number of carbonyl (C=O) groups excluding carboxylic acids is 2. The van der Waals surface area contributed by atoms with E-state index in [2.05, 4.69) is 47.2 Å². The zero-order chi connectivity index (χ0) is 35.7. The Balaban J connectivity index is 1.36. The number of likely N-dealkylation sites (N-methyl/N-ethyl adjacent to an activating group) is 2. The molecule has 0 saturated carbocycles. The van der Waals surface area contributed by atoms with E-state index >= 15 is 0 Å². The Bertz CT molecular complexity index is 1470. The summed E-state index contributed by atoms with van der Waals surface area (Å²) in [5.41, 5.74) is 4.07. The Morgan fingerprint density at radius 2 is 0.920 bits per heavy atom. The Labute approximate surface area is 299 Å². The molecule has 2 aliphatic heterocycles. The van der Waals surface area contributed by atoms with Gasteiger partial charge in [-0.15, -0.1) is 13.2 Å². The lowest BCUT2D eigenvalue weighted by molar-refractivity contribution is 0.0676. The van der Waals surface area contributed by atoms with Gasteiger partial charge in [-0.25, -0.2) is 0 Å². The first-order valence-electron chi connectivity index (χ1n) is 17.7. The number of carbonyl (C=O) groups is 2. The molecule has 2 aliphatic rings. The van der Waals surface area contributed by atoms with Crippen molar-refractivity contribution in [2.45, 2.75) is 36.8 Å². The minimum absolute atomic E-state index is 0.0721. The smallest absolute Gasteiger partial charge is 0.183 e. The third-order valence-corrected chi connectivity index (χ3v) is 10.5. The predicted molar refractivity (Wildman–Crippen MR) is 204 cm³/mol. The maximum absolute atomic E-state index is 14.3. The number of hydrogen-bond acceptors (Lipinski definition) is 8. The van der Waals surface area contributed by atoms with Crippen LogP contribution in [0.5, 0.6) is 0 Å². The quantitative estimate of drug-likeness (QED) is 0.136. The zero-order valence-electron chi connectivity index (χ0n) is 30.4. The van der Waals surface area contributed by atoms with Crippen LogP contribution in [0.15, 0.2) is 98.1 Å². The van der Waals surface area contributed by atoms with E-state index in [9.17, 15) is 9.59 Å². The van der Waals surface area contributed by atoms with Gasteiger partial charge in [0.1, 0.15) is 0 Å². The fourth-order valence-corrected chi connectivity index (χ4v) is 7.33. The predicted octanol–water partition coefficient (Wildman–Crippen LogP) is 5.96. The van der Waals surface area contributed by atoms with E-state index in [4.69, 9.17) is 9.47 Å². The van der Waals surface area contributed by atoms with E-state index in [1.165, 1.54) is 0 Å². The van der Waals surface area contributed by atoms with Crippen molar-refractivity contribution in [2.75, 3.05) is 90.6 Å². The molecule has 2 saturated heterocycles. The highest BCUT2D eigenvalue weighted by Gasteiger charge is 2.42. The second-order valence-electron chi connectivity index (χ2n) is 14.0. The Hall–Kier alpha value is -4.08. The van der Waals surface area contributed by atoms with Crippen LogP contribution in [0.3, 0.4) is 0 Å². The third-order valence-electron chi connectivity index (χ3n) is 10.5. The van der Waals surface area contributed by atoms with Gasteiger partial charge in [-0.1, -0.05) is 36.4 Å². The van der Waals surface area contributed by atoms with E-state index in [-0.39, 0.29) is 11.6 Å². The van der Waals surface area contributed by atoms with Gasteiger partial charge in [0.05, 0.1) is 37.5 Å². The largest absolute Gasteiger partial charge is 0.378 e. The number of benzene rings is 3. The number of anilines is 2. The van der Waals surface area contributed by atoms with E-state index in [0.29, 0.717) is 63.2 Å². The maximum atomic E-state index is 14.3. The van der Waals surface area contributed by atoms with Crippen LogP contribution >= 0.6 is 0 Å². The van der Waals surface area contributed by atoms with Crippen LogP contribution in [0.1, 0.15) is 44.7 Å². The average molecular weight is 679 g/mol. The van der Waals surface area contributed by atoms with Gasteiger partial charge in [0.2, 0.25) is 0 Å². The van der Waals surface area contributed by atoms with Crippen LogP contribution < -0.4 is 9.80 Å². The maximum Gasteiger partial charge on any atom is 0.183 e. The molecule has 3 aromatic carbocycles. The molecule has 8 nitrogen and oxygen atoms in total. The summed E-state index contributed by atoms with van der Waals surface area (Å²) in [4.78, 5) is 37.3. The van der Waals surface area contributed by atoms with Crippen molar-refractivity contribution in [3.05, 3.63) is 120 Å². The highest BCUT2D eigenvalue weighted by atomic mass is 16.5. The Morgan fingerprint density at radius 1 is 0.600 bits per heavy atom. The number of rotatable bonds is 16. The van der Waals surface area contributed by atoms with Crippen molar-refractivity contribution in [1.82, 2.24) is 9.80 Å². The lowest BCUT2D eigenvalue weighted by atomic mass is 9.78. The second kappa shape index (κ2) is 16.8. The summed E-state index contributed by atoms with van der Waals surface area (Å²) in [6.07, 6.45) is 5.75. The van der Waals surface area contributed by atoms with E-state index in [1.54, 1.807) is 0 Å². The van der Waals surface area contributed by atoms with Gasteiger partial charge in [-0.05, 0) is 114 Å². The minimum Gasteiger partial charge on any atom is -0.378 e. The lowest BCUT2D eigenvalue weighted by Crippen LogP contribution is -2.53. The highest BCUT2D eigenvalue weighted by molar-refractivity contribution is 6.04. The summed E-state index contributed by atoms with van der Waals surface area (Å²) in [5.74, 6) is 0.144. The molecule has 2 atom stereocenters. The zero-order valence-corrected chi connectivity index (χ0v) is 30.4. The van der Waals surface area contributed by atoms with E-state index in [1.807, 2.05) is 98.7 Å². The molecule has 2 heterocycles. The summed E-state index contributed by atoms with van der Waals surface area (Å²) in [5, 5.41) is 0. The minimum atomic E-state index is -0.802. The summed E-state index contributed by atoms with van der Waals surface area (Å²) in [6.45, 7) is 14.3. The fourth-order valence-electron chi connectivity index (χ4n) is 7.33. The standard InChI is InChI=1S/C42H54N4O4/c1-7-21-41(43(3)4,39(47)35-13-17-37(18-14-35)45-23-27-49-28-24-45)31-33-9-11-34(12-10-33)32-42(22-8-2,44(5)6)40(48)36-15-19-38(20-16-36)46-25-29-50-30-26-46/h7-20H,1-2,21-32H2,3-6H3. The van der Waals surface area contributed by atoms with Gasteiger partial charge < -0.3 is 19.3 Å². The van der Waals surface area contributed by atoms with Gasteiger partial charge >= 0.3 is 0 Å². The first-order valence-corrected chi connectivity index (χ1v) is 17.7. The summed E-state index contributed by atoms with van der Waals surface area (Å²) >= 11 is 0. The number of ketones is 2. The summed E-state index contributed by atoms with van der Waals surface area (Å²) in [7, 11) is 7.88. The van der Waals surface area contributed by atoms with Crippen molar-refractivity contribution >= 4 is 22.9 Å². The van der Waals surface area contributed by atoms with E-state index in [0.717, 1.165) is 48.7 Å². The average Bonchev–Trinajstić information content (AvgIpc) is 3.15. The molecule has 0 radical (unpaired) electrons. The molecule has 0 spiro atoms. The van der Waals surface area contributed by atoms with Crippen molar-refractivity contribution in [2.24, 2.45) is 0 Å². The van der Waals surface area contributed by atoms with Gasteiger partial charge in [-0.2, -0.15) is 0 Å². The highest BCUT2D eigenvalue weighted by Crippen LogP contribution is 2.32. The second-order valence-corrected chi connectivity index (χ2v) is 14.0. The first-order chi connectivity index (χ1) is 24.1. The Morgan fingerprint density at radius 3 is 1.20 bits per heavy atom. The topological polar surface area (TPSA) is 65.6 Å². The van der Waals surface area contributed by atoms with Gasteiger partial charge in [0, 0.05) is 48.7 Å². The lowest BCUT2D eigenvalue weighted by Gasteiger charge is -2.39. The van der Waals surface area contributed by atoms with Gasteiger partial charge in [0.25, 0.3) is 0 Å². The summed E-state index contributed by atoms with van der Waals surface area (Å²) < 4.78 is 11.0. The molecule has 2 unspecified atom stereocenters. The van der Waals surface area contributed by atoms with Crippen molar-refractivity contribution < 1.29 is 19.1 Å². The van der Waals surface area contributed by atoms with Crippen molar-refractivity contribution in [3.63, 3.8) is 0 Å². The molecule has 3 aromatic rings. The van der Waals surface area contributed by atoms with Crippen molar-refractivity contribution in [3.8, 4) is 0 Å². The Kier molecular flexibility index (Phi) is 12.5. The summed E-state index contributed by atoms with van der Waals surface area (Å²) in [6, 6.07) is 24.4. The van der Waals surface area contributed by atoms with Crippen molar-refractivity contribution in [1.29, 1.82) is 0 Å². The molecule has 2 fully saturated rings. The van der Waals surface area contributed by atoms with Crippen LogP contribution in [0.4, 0.5) is 11.4 Å². The molecule has 0 N–H and O–H groups in total. The number of hydrogen-bond donors (Lipinski definition) is 0. The molecular weight excluding hydrogens is 624 g/mol.